The van der Waals surface area contributed by atoms with E-state index in [0.29, 0.717) is 50.1 Å². The normalized spacial score (nSPS) is 12.4. The maximum absolute atomic E-state index is 6.63. The highest BCUT2D eigenvalue weighted by molar-refractivity contribution is 7.98. The number of thioether (sulfide) groups is 1. The topological polar surface area (TPSA) is 86.4 Å². The van der Waals surface area contributed by atoms with Gasteiger partial charge in [0, 0.05) is 23.2 Å². The maximum atomic E-state index is 6.63. The predicted octanol–water partition coefficient (Wildman–Crippen LogP) is 4.69. The van der Waals surface area contributed by atoms with Gasteiger partial charge in [0.2, 0.25) is 0 Å². The second-order valence-electron chi connectivity index (χ2n) is 7.17. The van der Waals surface area contributed by atoms with Gasteiger partial charge in [-0.25, -0.2) is 15.0 Å². The number of hydrogen-bond donors (Lipinski definition) is 1. The van der Waals surface area contributed by atoms with Crippen molar-refractivity contribution in [1.29, 1.82) is 0 Å². The van der Waals surface area contributed by atoms with Crippen molar-refractivity contribution in [3.05, 3.63) is 34.1 Å². The third-order valence-electron chi connectivity index (χ3n) is 4.82. The van der Waals surface area contributed by atoms with E-state index < -0.39 is 0 Å². The van der Waals surface area contributed by atoms with E-state index in [1.54, 1.807) is 12.3 Å². The number of nitrogens with zero attached hydrogens (tertiary/aromatic N) is 4. The van der Waals surface area contributed by atoms with Gasteiger partial charge in [-0.3, -0.25) is 0 Å². The summed E-state index contributed by atoms with van der Waals surface area (Å²) in [4.78, 5) is 16.0. The number of hydrogen-bond acceptors (Lipinski definition) is 8. The number of rotatable bonds is 8. The van der Waals surface area contributed by atoms with Crippen molar-refractivity contribution < 1.29 is 9.47 Å². The van der Waals surface area contributed by atoms with E-state index in [1.165, 1.54) is 26.0 Å². The van der Waals surface area contributed by atoms with Gasteiger partial charge in [-0.2, -0.15) is 0 Å². The van der Waals surface area contributed by atoms with E-state index in [9.17, 15) is 0 Å². The maximum Gasteiger partial charge on any atom is 0.187 e. The van der Waals surface area contributed by atoms with Crippen LogP contribution in [0.3, 0.4) is 0 Å². The Morgan fingerprint density at radius 2 is 1.74 bits per heavy atom. The van der Waals surface area contributed by atoms with Crippen LogP contribution in [0.15, 0.2) is 23.5 Å². The summed E-state index contributed by atoms with van der Waals surface area (Å²) in [7, 11) is 7.08. The fourth-order valence-corrected chi connectivity index (χ4v) is 4.21. The van der Waals surface area contributed by atoms with Crippen molar-refractivity contribution in [2.75, 3.05) is 41.1 Å². The van der Waals surface area contributed by atoms with Gasteiger partial charge < -0.3 is 20.1 Å². The van der Waals surface area contributed by atoms with Gasteiger partial charge in [-0.15, -0.1) is 0 Å². The second-order valence-corrected chi connectivity index (χ2v) is 8.70. The highest BCUT2D eigenvalue weighted by atomic mass is 35.5. The molecule has 7 nitrogen and oxygen atoms in total. The van der Waals surface area contributed by atoms with Crippen LogP contribution in [0.5, 0.6) is 11.5 Å². The van der Waals surface area contributed by atoms with Gasteiger partial charge in [-0.1, -0.05) is 35.0 Å². The molecule has 2 heterocycles. The fourth-order valence-electron chi connectivity index (χ4n) is 3.18. The zero-order chi connectivity index (χ0) is 22.7. The van der Waals surface area contributed by atoms with Crippen molar-refractivity contribution >= 4 is 45.9 Å². The largest absolute Gasteiger partial charge is 0.495 e. The molecule has 0 radical (unpaired) electrons. The van der Waals surface area contributed by atoms with Gasteiger partial charge in [0.1, 0.15) is 11.5 Å². The molecule has 0 aliphatic rings. The molecule has 0 bridgehead atoms. The number of benzene rings is 1. The summed E-state index contributed by atoms with van der Waals surface area (Å²) in [6.07, 6.45) is 4.40. The number of aromatic nitrogens is 3. The van der Waals surface area contributed by atoms with Gasteiger partial charge >= 0.3 is 0 Å². The van der Waals surface area contributed by atoms with Crippen LogP contribution >= 0.6 is 35.0 Å². The summed E-state index contributed by atoms with van der Waals surface area (Å²) in [5.41, 5.74) is 9.01. The first-order valence-corrected chi connectivity index (χ1v) is 11.5. The Kier molecular flexibility index (Phi) is 7.82. The van der Waals surface area contributed by atoms with Crippen molar-refractivity contribution in [3.63, 3.8) is 0 Å². The quantitative estimate of drug-likeness (QED) is 0.366. The molecule has 2 aromatic heterocycles. The Morgan fingerprint density at radius 3 is 2.29 bits per heavy atom. The summed E-state index contributed by atoms with van der Waals surface area (Å²) in [6, 6.07) is 3.17. The number of nitrogens with two attached hydrogens (primary N) is 1. The van der Waals surface area contributed by atoms with Crippen LogP contribution in [0, 0.1) is 0 Å². The third-order valence-corrected chi connectivity index (χ3v) is 6.13. The summed E-state index contributed by atoms with van der Waals surface area (Å²) in [6.45, 7) is 0.809. The van der Waals surface area contributed by atoms with Crippen LogP contribution < -0.4 is 15.2 Å². The first kappa shape index (κ1) is 23.8. The molecule has 0 amide bonds. The standard InChI is InChI=1S/C21H25Cl2N5O2S/c1-28(2)7-6-12(24)20-19-11(10-25-21(27-19)31-5)8-13(26-20)16-17(22)14(29-3)9-15(30-4)18(16)23/h8-10,12H,6-7,24H2,1-5H3. The zero-order valence-electron chi connectivity index (χ0n) is 18.1. The van der Waals surface area contributed by atoms with E-state index >= 15 is 0 Å². The molecule has 3 aromatic rings. The van der Waals surface area contributed by atoms with Crippen molar-refractivity contribution in [1.82, 2.24) is 19.9 Å². The average molecular weight is 482 g/mol. The van der Waals surface area contributed by atoms with Gasteiger partial charge in [0.25, 0.3) is 0 Å². The Balaban J connectivity index is 2.28. The minimum absolute atomic E-state index is 0.334. The van der Waals surface area contributed by atoms with E-state index in [-0.39, 0.29) is 6.04 Å². The predicted molar refractivity (Wildman–Crippen MR) is 128 cm³/mol. The molecule has 0 aliphatic heterocycles. The molecule has 10 heteroatoms. The summed E-state index contributed by atoms with van der Waals surface area (Å²) in [5.74, 6) is 0.875. The van der Waals surface area contributed by atoms with Crippen LogP contribution in [-0.4, -0.2) is 61.0 Å². The molecule has 0 aliphatic carbocycles. The first-order chi connectivity index (χ1) is 14.8. The lowest BCUT2D eigenvalue weighted by atomic mass is 10.0. The lowest BCUT2D eigenvalue weighted by molar-refractivity contribution is 0.381. The summed E-state index contributed by atoms with van der Waals surface area (Å²) < 4.78 is 10.8. The highest BCUT2D eigenvalue weighted by Crippen LogP contribution is 2.46. The molecule has 0 saturated carbocycles. The third kappa shape index (κ3) is 4.99. The summed E-state index contributed by atoms with van der Waals surface area (Å²) in [5, 5.41) is 2.14. The van der Waals surface area contributed by atoms with E-state index in [4.69, 9.17) is 43.4 Å². The van der Waals surface area contributed by atoms with Gasteiger partial charge in [0.15, 0.2) is 5.16 Å². The minimum Gasteiger partial charge on any atom is -0.495 e. The minimum atomic E-state index is -0.334. The molecule has 1 aromatic carbocycles. The number of methoxy groups -OCH3 is 2. The van der Waals surface area contributed by atoms with Crippen molar-refractivity contribution in [2.45, 2.75) is 17.6 Å². The molecule has 0 spiro atoms. The fraction of sp³-hybridized carbons (Fsp3) is 0.381. The lowest BCUT2D eigenvalue weighted by Gasteiger charge is -2.19. The Labute approximate surface area is 196 Å². The highest BCUT2D eigenvalue weighted by Gasteiger charge is 2.23. The number of fused-ring (bicyclic) bond motifs is 1. The summed E-state index contributed by atoms with van der Waals surface area (Å²) >= 11 is 14.7. The molecule has 1 unspecified atom stereocenters. The second kappa shape index (κ2) is 10.2. The molecular formula is C21H25Cl2N5O2S. The Bertz CT molecular complexity index is 1070. The van der Waals surface area contributed by atoms with Crippen LogP contribution in [0.1, 0.15) is 18.2 Å². The van der Waals surface area contributed by atoms with Crippen LogP contribution in [0.4, 0.5) is 0 Å². The zero-order valence-corrected chi connectivity index (χ0v) is 20.4. The van der Waals surface area contributed by atoms with Crippen LogP contribution in [-0.2, 0) is 0 Å². The van der Waals surface area contributed by atoms with Gasteiger partial charge in [-0.05, 0) is 39.4 Å². The number of halogens is 2. The lowest BCUT2D eigenvalue weighted by Crippen LogP contribution is -2.21. The molecule has 2 N–H and O–H groups in total. The van der Waals surface area contributed by atoms with E-state index in [2.05, 4.69) is 14.9 Å². The van der Waals surface area contributed by atoms with Crippen molar-refractivity contribution in [3.8, 4) is 22.8 Å². The molecule has 166 valence electrons. The molecular weight excluding hydrogens is 457 g/mol. The molecule has 1 atom stereocenters. The average Bonchev–Trinajstić information content (AvgIpc) is 2.76. The SMILES string of the molecule is COc1cc(OC)c(Cl)c(-c2cc3cnc(SC)nc3c(C(N)CCN(C)C)n2)c1Cl. The smallest absolute Gasteiger partial charge is 0.187 e. The van der Waals surface area contributed by atoms with E-state index in [1.807, 2.05) is 26.4 Å². The van der Waals surface area contributed by atoms with Crippen molar-refractivity contribution in [2.24, 2.45) is 5.73 Å². The molecule has 0 saturated heterocycles. The Morgan fingerprint density at radius 1 is 1.10 bits per heavy atom. The number of pyridine rings is 1. The first-order valence-electron chi connectivity index (χ1n) is 9.53. The van der Waals surface area contributed by atoms with E-state index in [0.717, 1.165) is 17.4 Å². The Hall–Kier alpha value is -1.84. The van der Waals surface area contributed by atoms with Gasteiger partial charge in [0.05, 0.1) is 47.2 Å². The molecule has 3 rings (SSSR count). The molecule has 0 fully saturated rings. The van der Waals surface area contributed by atoms with Crippen LogP contribution in [0.2, 0.25) is 10.0 Å². The monoisotopic (exact) mass is 481 g/mol. The number of ether oxygens (including phenoxy) is 2. The van der Waals surface area contributed by atoms with Crippen LogP contribution in [0.25, 0.3) is 22.2 Å². The molecule has 31 heavy (non-hydrogen) atoms.